The van der Waals surface area contributed by atoms with Crippen LogP contribution in [0.2, 0.25) is 0 Å². The van der Waals surface area contributed by atoms with Crippen molar-refractivity contribution in [2.24, 2.45) is 0 Å². The van der Waals surface area contributed by atoms with Gasteiger partial charge in [0.05, 0.1) is 36.6 Å². The van der Waals surface area contributed by atoms with E-state index in [0.717, 1.165) is 37.2 Å². The van der Waals surface area contributed by atoms with Crippen molar-refractivity contribution < 1.29 is 14.1 Å². The lowest BCUT2D eigenvalue weighted by molar-refractivity contribution is -0.896. The van der Waals surface area contributed by atoms with Crippen molar-refractivity contribution >= 4 is 16.9 Å². The molecule has 1 aliphatic heterocycles. The van der Waals surface area contributed by atoms with Gasteiger partial charge in [0.15, 0.2) is 5.43 Å². The molecule has 0 fully saturated rings. The highest BCUT2D eigenvalue weighted by Crippen LogP contribution is 2.38. The molecule has 1 atom stereocenters. The Bertz CT molecular complexity index is 1110. The van der Waals surface area contributed by atoms with E-state index in [2.05, 4.69) is 13.8 Å². The summed E-state index contributed by atoms with van der Waals surface area (Å²) in [6.07, 6.45) is 0.882. The van der Waals surface area contributed by atoms with E-state index in [9.17, 15) is 9.59 Å². The van der Waals surface area contributed by atoms with E-state index in [4.69, 9.17) is 4.42 Å². The van der Waals surface area contributed by atoms with Gasteiger partial charge in [-0.3, -0.25) is 9.59 Å². The molecular formula is C25H29N2O3+. The predicted octanol–water partition coefficient (Wildman–Crippen LogP) is 2.96. The van der Waals surface area contributed by atoms with Crippen molar-refractivity contribution in [1.29, 1.82) is 0 Å². The minimum absolute atomic E-state index is 0.109. The molecule has 0 saturated heterocycles. The fourth-order valence-corrected chi connectivity index (χ4v) is 4.40. The Morgan fingerprint density at radius 2 is 1.70 bits per heavy atom. The van der Waals surface area contributed by atoms with E-state index >= 15 is 0 Å². The molecule has 1 amide bonds. The van der Waals surface area contributed by atoms with Gasteiger partial charge in [0.2, 0.25) is 5.76 Å². The maximum Gasteiger partial charge on any atom is 0.290 e. The number of rotatable bonds is 7. The molecule has 2 heterocycles. The van der Waals surface area contributed by atoms with Gasteiger partial charge in [-0.2, -0.15) is 0 Å². The average molecular weight is 406 g/mol. The van der Waals surface area contributed by atoms with Gasteiger partial charge in [0.1, 0.15) is 5.58 Å². The van der Waals surface area contributed by atoms with Crippen LogP contribution in [0.1, 0.15) is 53.6 Å². The molecule has 30 heavy (non-hydrogen) atoms. The van der Waals surface area contributed by atoms with Crippen LogP contribution in [0.15, 0.2) is 57.7 Å². The Labute approximate surface area is 176 Å². The fourth-order valence-electron chi connectivity index (χ4n) is 4.40. The van der Waals surface area contributed by atoms with Crippen LogP contribution in [0, 0.1) is 6.92 Å². The van der Waals surface area contributed by atoms with Crippen LogP contribution in [0.3, 0.4) is 0 Å². The number of benzene rings is 2. The Morgan fingerprint density at radius 1 is 1.00 bits per heavy atom. The number of para-hydroxylation sites is 1. The molecule has 1 aromatic heterocycles. The quantitative estimate of drug-likeness (QED) is 0.658. The number of hydrogen-bond acceptors (Lipinski definition) is 3. The summed E-state index contributed by atoms with van der Waals surface area (Å²) >= 11 is 0. The van der Waals surface area contributed by atoms with Crippen LogP contribution in [-0.2, 0) is 0 Å². The molecule has 1 N–H and O–H groups in total. The number of carbonyl (C=O) groups is 1. The molecule has 5 heteroatoms. The summed E-state index contributed by atoms with van der Waals surface area (Å²) in [5, 5.41) is 0.524. The molecule has 4 rings (SSSR count). The van der Waals surface area contributed by atoms with Crippen LogP contribution in [0.4, 0.5) is 0 Å². The third-order valence-corrected chi connectivity index (χ3v) is 6.20. The largest absolute Gasteiger partial charge is 0.450 e. The number of amides is 1. The first-order valence-electron chi connectivity index (χ1n) is 10.8. The van der Waals surface area contributed by atoms with Crippen molar-refractivity contribution in [2.45, 2.75) is 33.2 Å². The Hall–Kier alpha value is -2.92. The molecule has 0 unspecified atom stereocenters. The second-order valence-corrected chi connectivity index (χ2v) is 8.04. The van der Waals surface area contributed by atoms with Crippen LogP contribution in [0.5, 0.6) is 0 Å². The Morgan fingerprint density at radius 3 is 2.40 bits per heavy atom. The number of quaternary nitrogens is 1. The summed E-state index contributed by atoms with van der Waals surface area (Å²) in [4.78, 5) is 30.1. The minimum atomic E-state index is -0.402. The summed E-state index contributed by atoms with van der Waals surface area (Å²) in [6, 6.07) is 14.8. The molecule has 2 aromatic carbocycles. The standard InChI is InChI=1S/C25H28N2O3/c1-4-26(5-2)15-8-16-27-22(18-13-11-17(3)12-14-18)21-23(28)19-9-6-7-10-20(19)30-24(21)25(27)29/h6-7,9-14,22H,4-5,8,15-16H2,1-3H3/p+1/t22-/m1/s1. The number of aryl methyl sites for hydroxylation is 1. The maximum absolute atomic E-state index is 13.4. The van der Waals surface area contributed by atoms with E-state index in [0.29, 0.717) is 23.1 Å². The SMILES string of the molecule is CC[NH+](CC)CCCN1C(=O)c2oc3ccccc3c(=O)c2[C@H]1c1ccc(C)cc1. The van der Waals surface area contributed by atoms with Crippen molar-refractivity contribution in [3.05, 3.63) is 81.2 Å². The summed E-state index contributed by atoms with van der Waals surface area (Å²) in [5.41, 5.74) is 2.92. The van der Waals surface area contributed by atoms with Gasteiger partial charge in [0, 0.05) is 13.0 Å². The smallest absolute Gasteiger partial charge is 0.290 e. The number of nitrogens with one attached hydrogen (secondary N) is 1. The van der Waals surface area contributed by atoms with Crippen molar-refractivity contribution in [2.75, 3.05) is 26.2 Å². The van der Waals surface area contributed by atoms with Crippen LogP contribution in [0.25, 0.3) is 11.0 Å². The highest BCUT2D eigenvalue weighted by atomic mass is 16.3. The topological polar surface area (TPSA) is 55.0 Å². The first kappa shape index (κ1) is 20.4. The molecule has 0 radical (unpaired) electrons. The third-order valence-electron chi connectivity index (χ3n) is 6.20. The molecule has 156 valence electrons. The average Bonchev–Trinajstić information content (AvgIpc) is 3.04. The first-order chi connectivity index (χ1) is 14.5. The summed E-state index contributed by atoms with van der Waals surface area (Å²) in [5.74, 6) is 0.00689. The normalized spacial score (nSPS) is 15.9. The second kappa shape index (κ2) is 8.44. The highest BCUT2D eigenvalue weighted by Gasteiger charge is 2.42. The first-order valence-corrected chi connectivity index (χ1v) is 10.8. The van der Waals surface area contributed by atoms with Crippen molar-refractivity contribution in [3.63, 3.8) is 0 Å². The van der Waals surface area contributed by atoms with E-state index in [-0.39, 0.29) is 17.1 Å². The number of hydrogen-bond donors (Lipinski definition) is 1. The van der Waals surface area contributed by atoms with E-state index in [1.54, 1.807) is 12.1 Å². The highest BCUT2D eigenvalue weighted by molar-refractivity contribution is 5.99. The molecule has 5 nitrogen and oxygen atoms in total. The van der Waals surface area contributed by atoms with E-state index < -0.39 is 6.04 Å². The Kier molecular flexibility index (Phi) is 5.73. The van der Waals surface area contributed by atoms with Gasteiger partial charge in [-0.1, -0.05) is 42.0 Å². The van der Waals surface area contributed by atoms with Gasteiger partial charge in [-0.25, -0.2) is 0 Å². The molecular weight excluding hydrogens is 376 g/mol. The molecule has 3 aromatic rings. The number of nitrogens with zero attached hydrogens (tertiary/aromatic N) is 1. The van der Waals surface area contributed by atoms with Gasteiger partial charge in [-0.05, 0) is 38.5 Å². The van der Waals surface area contributed by atoms with Crippen molar-refractivity contribution in [3.8, 4) is 0 Å². The van der Waals surface area contributed by atoms with E-state index in [1.165, 1.54) is 4.90 Å². The van der Waals surface area contributed by atoms with E-state index in [1.807, 2.05) is 48.2 Å². The summed E-state index contributed by atoms with van der Waals surface area (Å²) < 4.78 is 5.98. The zero-order chi connectivity index (χ0) is 21.3. The molecule has 1 aliphatic rings. The zero-order valence-electron chi connectivity index (χ0n) is 17.9. The molecule has 0 saturated carbocycles. The lowest BCUT2D eigenvalue weighted by atomic mass is 9.97. The Balaban J connectivity index is 1.78. The van der Waals surface area contributed by atoms with Gasteiger partial charge in [-0.15, -0.1) is 0 Å². The second-order valence-electron chi connectivity index (χ2n) is 8.04. The lowest BCUT2D eigenvalue weighted by Crippen LogP contribution is -3.11. The number of carbonyl (C=O) groups excluding carboxylic acids is 1. The summed E-state index contributed by atoms with van der Waals surface area (Å²) in [6.45, 7) is 10.1. The van der Waals surface area contributed by atoms with Gasteiger partial charge < -0.3 is 14.2 Å². The van der Waals surface area contributed by atoms with Crippen LogP contribution < -0.4 is 10.3 Å². The van der Waals surface area contributed by atoms with Gasteiger partial charge in [0.25, 0.3) is 5.91 Å². The van der Waals surface area contributed by atoms with Crippen LogP contribution >= 0.6 is 0 Å². The predicted molar refractivity (Wildman–Crippen MR) is 118 cm³/mol. The zero-order valence-corrected chi connectivity index (χ0v) is 17.9. The lowest BCUT2D eigenvalue weighted by Gasteiger charge is -2.26. The number of fused-ring (bicyclic) bond motifs is 2. The summed E-state index contributed by atoms with van der Waals surface area (Å²) in [7, 11) is 0. The van der Waals surface area contributed by atoms with Gasteiger partial charge >= 0.3 is 0 Å². The third kappa shape index (κ3) is 3.54. The van der Waals surface area contributed by atoms with Crippen LogP contribution in [-0.4, -0.2) is 37.0 Å². The monoisotopic (exact) mass is 405 g/mol. The fraction of sp³-hybridized carbons (Fsp3) is 0.360. The maximum atomic E-state index is 13.4. The molecule has 0 spiro atoms. The molecule has 0 aliphatic carbocycles. The van der Waals surface area contributed by atoms with Crippen molar-refractivity contribution in [1.82, 2.24) is 4.90 Å². The minimum Gasteiger partial charge on any atom is -0.450 e. The molecule has 0 bridgehead atoms.